The summed E-state index contributed by atoms with van der Waals surface area (Å²) in [5.74, 6) is 0.332. The van der Waals surface area contributed by atoms with Gasteiger partial charge in [-0.25, -0.2) is 4.98 Å². The van der Waals surface area contributed by atoms with Crippen LogP contribution in [0, 0.1) is 11.3 Å². The molecule has 0 aliphatic carbocycles. The van der Waals surface area contributed by atoms with Crippen molar-refractivity contribution in [3.05, 3.63) is 4.88 Å². The highest BCUT2D eigenvalue weighted by Gasteiger charge is 2.28. The number of nitrogen functional groups attached to an aromatic ring is 1. The quantitative estimate of drug-likeness (QED) is 0.868. The van der Waals surface area contributed by atoms with E-state index in [2.05, 4.69) is 42.0 Å². The number of piperidine rings is 1. The molecule has 1 unspecified atom stereocenters. The van der Waals surface area contributed by atoms with Crippen molar-refractivity contribution >= 4 is 22.3 Å². The van der Waals surface area contributed by atoms with Crippen LogP contribution in [0.3, 0.4) is 0 Å². The van der Waals surface area contributed by atoms with Crippen LogP contribution in [0.2, 0.25) is 0 Å². The van der Waals surface area contributed by atoms with Crippen molar-refractivity contribution in [2.75, 3.05) is 24.1 Å². The Labute approximate surface area is 118 Å². The normalized spacial score (nSPS) is 21.1. The van der Waals surface area contributed by atoms with Crippen molar-refractivity contribution in [2.24, 2.45) is 0 Å². The van der Waals surface area contributed by atoms with Gasteiger partial charge in [-0.05, 0) is 40.2 Å². The predicted molar refractivity (Wildman–Crippen MR) is 79.2 cm³/mol. The Morgan fingerprint density at radius 1 is 1.53 bits per heavy atom. The molecule has 1 aliphatic heterocycles. The maximum absolute atomic E-state index is 8.89. The molecule has 104 valence electrons. The molecule has 19 heavy (non-hydrogen) atoms. The number of thiazole rings is 1. The van der Waals surface area contributed by atoms with Crippen LogP contribution in [0.1, 0.15) is 38.5 Å². The van der Waals surface area contributed by atoms with E-state index in [1.807, 2.05) is 0 Å². The van der Waals surface area contributed by atoms with Gasteiger partial charge in [-0.3, -0.25) is 4.90 Å². The summed E-state index contributed by atoms with van der Waals surface area (Å²) in [7, 11) is 0. The first-order valence-corrected chi connectivity index (χ1v) is 7.40. The first kappa shape index (κ1) is 14.1. The van der Waals surface area contributed by atoms with E-state index in [1.165, 1.54) is 17.8 Å². The van der Waals surface area contributed by atoms with E-state index in [-0.39, 0.29) is 5.54 Å². The highest BCUT2D eigenvalue weighted by atomic mass is 32.1. The van der Waals surface area contributed by atoms with Gasteiger partial charge in [0.25, 0.3) is 0 Å². The van der Waals surface area contributed by atoms with Gasteiger partial charge in [0.1, 0.15) is 10.9 Å². The zero-order chi connectivity index (χ0) is 14.0. The Balaban J connectivity index is 2.01. The van der Waals surface area contributed by atoms with E-state index in [4.69, 9.17) is 11.0 Å². The second kappa shape index (κ2) is 5.35. The third-order valence-electron chi connectivity index (χ3n) is 3.45. The smallest absolute Gasteiger partial charge is 0.186 e. The lowest BCUT2D eigenvalue weighted by atomic mass is 9.98. The molecule has 6 heteroatoms. The van der Waals surface area contributed by atoms with Crippen LogP contribution in [-0.4, -0.2) is 34.6 Å². The fourth-order valence-corrected chi connectivity index (χ4v) is 3.11. The molecule has 0 saturated carbocycles. The minimum absolute atomic E-state index is 0.195. The van der Waals surface area contributed by atoms with Crippen molar-refractivity contribution in [3.8, 4) is 6.07 Å². The fraction of sp³-hybridized carbons (Fsp3) is 0.692. The zero-order valence-electron chi connectivity index (χ0n) is 11.7. The SMILES string of the molecule is CC(C)(C)N1CCCC(Nc2nc(N)c(C#N)s2)C1. The van der Waals surface area contributed by atoms with Crippen molar-refractivity contribution in [3.63, 3.8) is 0 Å². The Bertz CT molecular complexity index is 482. The Morgan fingerprint density at radius 2 is 2.26 bits per heavy atom. The topological polar surface area (TPSA) is 78.0 Å². The number of hydrogen-bond donors (Lipinski definition) is 2. The highest BCUT2D eigenvalue weighted by molar-refractivity contribution is 7.16. The first-order chi connectivity index (χ1) is 8.90. The Hall–Kier alpha value is -1.32. The molecule has 1 aromatic heterocycles. The molecule has 2 rings (SSSR count). The van der Waals surface area contributed by atoms with Crippen LogP contribution in [0.4, 0.5) is 10.9 Å². The number of nitrogens with one attached hydrogen (secondary N) is 1. The molecule has 0 bridgehead atoms. The highest BCUT2D eigenvalue weighted by Crippen LogP contribution is 2.27. The average molecular weight is 279 g/mol. The second-order valence-electron chi connectivity index (χ2n) is 5.95. The number of likely N-dealkylation sites (tertiary alicyclic amines) is 1. The number of anilines is 2. The molecule has 1 aromatic rings. The lowest BCUT2D eigenvalue weighted by Gasteiger charge is -2.41. The van der Waals surface area contributed by atoms with E-state index in [0.29, 0.717) is 16.7 Å². The van der Waals surface area contributed by atoms with E-state index in [1.54, 1.807) is 0 Å². The summed E-state index contributed by atoms with van der Waals surface area (Å²) in [4.78, 5) is 7.18. The standard InChI is InChI=1S/C13H21N5S/c1-13(2,3)18-6-4-5-9(8-18)16-12-17-11(15)10(7-14)19-12/h9H,4-6,8,15H2,1-3H3,(H,16,17). The van der Waals surface area contributed by atoms with Crippen LogP contribution in [0.5, 0.6) is 0 Å². The maximum atomic E-state index is 8.89. The molecule has 1 atom stereocenters. The minimum atomic E-state index is 0.195. The van der Waals surface area contributed by atoms with Crippen molar-refractivity contribution in [1.82, 2.24) is 9.88 Å². The summed E-state index contributed by atoms with van der Waals surface area (Å²) in [5, 5.41) is 13.1. The average Bonchev–Trinajstić information content (AvgIpc) is 2.68. The van der Waals surface area contributed by atoms with Gasteiger partial charge in [0.15, 0.2) is 10.9 Å². The molecule has 1 aliphatic rings. The minimum Gasteiger partial charge on any atom is -0.382 e. The number of nitrogens with two attached hydrogens (primary N) is 1. The van der Waals surface area contributed by atoms with Crippen LogP contribution in [0.25, 0.3) is 0 Å². The van der Waals surface area contributed by atoms with Gasteiger partial charge in [-0.2, -0.15) is 5.26 Å². The van der Waals surface area contributed by atoms with Crippen LogP contribution in [0.15, 0.2) is 0 Å². The molecule has 1 saturated heterocycles. The van der Waals surface area contributed by atoms with Crippen molar-refractivity contribution in [2.45, 2.75) is 45.2 Å². The van der Waals surface area contributed by atoms with E-state index < -0.39 is 0 Å². The Morgan fingerprint density at radius 3 is 2.84 bits per heavy atom. The van der Waals surface area contributed by atoms with Gasteiger partial charge in [-0.15, -0.1) is 0 Å². The summed E-state index contributed by atoms with van der Waals surface area (Å²) in [6, 6.07) is 2.45. The van der Waals surface area contributed by atoms with E-state index in [0.717, 1.165) is 24.6 Å². The van der Waals surface area contributed by atoms with Crippen molar-refractivity contribution in [1.29, 1.82) is 5.26 Å². The lowest BCUT2D eigenvalue weighted by molar-refractivity contribution is 0.104. The second-order valence-corrected chi connectivity index (χ2v) is 6.94. The van der Waals surface area contributed by atoms with Gasteiger partial charge < -0.3 is 11.1 Å². The third kappa shape index (κ3) is 3.37. The monoisotopic (exact) mass is 279 g/mol. The molecule has 5 nitrogen and oxygen atoms in total. The molecule has 0 aromatic carbocycles. The first-order valence-electron chi connectivity index (χ1n) is 6.58. The molecule has 3 N–H and O–H groups in total. The molecule has 1 fully saturated rings. The molecule has 2 heterocycles. The van der Waals surface area contributed by atoms with Crippen LogP contribution >= 0.6 is 11.3 Å². The lowest BCUT2D eigenvalue weighted by Crippen LogP contribution is -2.50. The van der Waals surface area contributed by atoms with Gasteiger partial charge >= 0.3 is 0 Å². The number of hydrogen-bond acceptors (Lipinski definition) is 6. The van der Waals surface area contributed by atoms with Gasteiger partial charge in [-0.1, -0.05) is 11.3 Å². The summed E-state index contributed by atoms with van der Waals surface area (Å²) in [5.41, 5.74) is 5.87. The summed E-state index contributed by atoms with van der Waals surface area (Å²) >= 11 is 1.34. The van der Waals surface area contributed by atoms with E-state index in [9.17, 15) is 0 Å². The molecule has 0 spiro atoms. The van der Waals surface area contributed by atoms with Crippen LogP contribution < -0.4 is 11.1 Å². The van der Waals surface area contributed by atoms with Crippen molar-refractivity contribution < 1.29 is 0 Å². The number of rotatable bonds is 2. The molecule has 0 radical (unpaired) electrons. The number of nitrogens with zero attached hydrogens (tertiary/aromatic N) is 3. The zero-order valence-corrected chi connectivity index (χ0v) is 12.5. The predicted octanol–water partition coefficient (Wildman–Crippen LogP) is 2.27. The summed E-state index contributed by atoms with van der Waals surface area (Å²) in [6.07, 6.45) is 2.31. The Kier molecular flexibility index (Phi) is 3.97. The van der Waals surface area contributed by atoms with Gasteiger partial charge in [0.2, 0.25) is 0 Å². The fourth-order valence-electron chi connectivity index (χ4n) is 2.35. The number of nitriles is 1. The van der Waals surface area contributed by atoms with Crippen LogP contribution in [-0.2, 0) is 0 Å². The summed E-state index contributed by atoms with van der Waals surface area (Å²) < 4.78 is 0. The van der Waals surface area contributed by atoms with Gasteiger partial charge in [0.05, 0.1) is 0 Å². The molecular weight excluding hydrogens is 258 g/mol. The number of aromatic nitrogens is 1. The third-order valence-corrected chi connectivity index (χ3v) is 4.36. The molecular formula is C13H21N5S. The van der Waals surface area contributed by atoms with E-state index >= 15 is 0 Å². The summed E-state index contributed by atoms with van der Waals surface area (Å²) in [6.45, 7) is 8.87. The largest absolute Gasteiger partial charge is 0.382 e. The molecule has 0 amide bonds. The van der Waals surface area contributed by atoms with Gasteiger partial charge in [0, 0.05) is 18.1 Å². The maximum Gasteiger partial charge on any atom is 0.186 e.